The number of carbonyl (C=O) groups excluding carboxylic acids is 1. The molecule has 0 unspecified atom stereocenters. The van der Waals surface area contributed by atoms with Gasteiger partial charge in [0.2, 0.25) is 0 Å². The van der Waals surface area contributed by atoms with E-state index in [1.165, 1.54) is 12.1 Å². The van der Waals surface area contributed by atoms with Crippen molar-refractivity contribution in [3.63, 3.8) is 0 Å². The summed E-state index contributed by atoms with van der Waals surface area (Å²) in [5.41, 5.74) is 2.12. The quantitative estimate of drug-likeness (QED) is 0.628. The van der Waals surface area contributed by atoms with Crippen molar-refractivity contribution in [3.8, 4) is 0 Å². The zero-order valence-electron chi connectivity index (χ0n) is 15.6. The van der Waals surface area contributed by atoms with Gasteiger partial charge >= 0.3 is 12.2 Å². The van der Waals surface area contributed by atoms with Gasteiger partial charge in [0.15, 0.2) is 0 Å². The lowest BCUT2D eigenvalue weighted by molar-refractivity contribution is -0.137. The molecule has 0 fully saturated rings. The van der Waals surface area contributed by atoms with E-state index in [9.17, 15) is 18.0 Å². The molecule has 2 aromatic carbocycles. The average molecular weight is 402 g/mol. The maximum absolute atomic E-state index is 12.5. The smallest absolute Gasteiger partial charge is 0.338 e. The zero-order valence-corrected chi connectivity index (χ0v) is 15.6. The number of carbonyl (C=O) groups is 1. The number of aromatic nitrogens is 2. The fourth-order valence-electron chi connectivity index (χ4n) is 2.77. The van der Waals surface area contributed by atoms with Gasteiger partial charge in [0, 0.05) is 25.5 Å². The fourth-order valence-corrected chi connectivity index (χ4v) is 2.77. The third-order valence-electron chi connectivity index (χ3n) is 4.36. The minimum Gasteiger partial charge on any atom is -0.338 e. The van der Waals surface area contributed by atoms with Crippen LogP contribution in [0, 0.1) is 0 Å². The van der Waals surface area contributed by atoms with E-state index in [1.807, 2.05) is 41.2 Å². The van der Waals surface area contributed by atoms with E-state index in [2.05, 4.69) is 15.7 Å². The van der Waals surface area contributed by atoms with Crippen molar-refractivity contribution >= 4 is 6.03 Å². The van der Waals surface area contributed by atoms with Crippen LogP contribution in [0.25, 0.3) is 0 Å². The van der Waals surface area contributed by atoms with Gasteiger partial charge in [-0.05, 0) is 41.3 Å². The molecule has 1 heterocycles. The van der Waals surface area contributed by atoms with Gasteiger partial charge in [-0.25, -0.2) is 4.79 Å². The van der Waals surface area contributed by atoms with Gasteiger partial charge in [-0.15, -0.1) is 0 Å². The van der Waals surface area contributed by atoms with E-state index in [-0.39, 0.29) is 6.03 Å². The number of urea groups is 1. The summed E-state index contributed by atoms with van der Waals surface area (Å²) < 4.78 is 39.4. The molecule has 1 aromatic heterocycles. The molecule has 0 aliphatic heterocycles. The first kappa shape index (κ1) is 20.4. The maximum atomic E-state index is 12.5. The molecule has 5 nitrogen and oxygen atoms in total. The summed E-state index contributed by atoms with van der Waals surface area (Å²) in [6, 6.07) is 14.4. The standard InChI is InChI=1S/C21H21F3N4O/c22-21(23,24)19-8-6-16(7-9-19)10-12-25-20(29)26-14-17-2-4-18(5-3-17)15-28-13-1-11-27-28/h1-9,11,13H,10,12,14-15H2,(H2,25,26,29). The molecule has 0 spiro atoms. The van der Waals surface area contributed by atoms with Gasteiger partial charge < -0.3 is 10.6 Å². The molecule has 3 aromatic rings. The van der Waals surface area contributed by atoms with Gasteiger partial charge in [0.05, 0.1) is 12.1 Å². The largest absolute Gasteiger partial charge is 0.416 e. The monoisotopic (exact) mass is 402 g/mol. The third kappa shape index (κ3) is 6.38. The van der Waals surface area contributed by atoms with E-state index in [1.54, 1.807) is 6.20 Å². The Morgan fingerprint density at radius 3 is 2.21 bits per heavy atom. The fraction of sp³-hybridized carbons (Fsp3) is 0.238. The number of rotatable bonds is 7. The Morgan fingerprint density at radius 1 is 0.931 bits per heavy atom. The van der Waals surface area contributed by atoms with Gasteiger partial charge in [0.1, 0.15) is 0 Å². The minimum absolute atomic E-state index is 0.322. The van der Waals surface area contributed by atoms with Crippen LogP contribution >= 0.6 is 0 Å². The van der Waals surface area contributed by atoms with Crippen molar-refractivity contribution in [2.75, 3.05) is 6.54 Å². The van der Waals surface area contributed by atoms with Crippen LogP contribution in [-0.4, -0.2) is 22.4 Å². The highest BCUT2D eigenvalue weighted by Crippen LogP contribution is 2.29. The second-order valence-corrected chi connectivity index (χ2v) is 6.57. The zero-order chi connectivity index (χ0) is 20.7. The van der Waals surface area contributed by atoms with Gasteiger partial charge in [-0.2, -0.15) is 18.3 Å². The van der Waals surface area contributed by atoms with Crippen molar-refractivity contribution in [2.45, 2.75) is 25.7 Å². The molecule has 3 rings (SSSR count). The molecule has 0 saturated carbocycles. The lowest BCUT2D eigenvalue weighted by Crippen LogP contribution is -2.36. The van der Waals surface area contributed by atoms with Crippen molar-refractivity contribution in [1.82, 2.24) is 20.4 Å². The third-order valence-corrected chi connectivity index (χ3v) is 4.36. The molecule has 0 atom stereocenters. The molecule has 0 radical (unpaired) electrons. The molecule has 2 amide bonds. The average Bonchev–Trinajstić information content (AvgIpc) is 3.20. The maximum Gasteiger partial charge on any atom is 0.416 e. The van der Waals surface area contributed by atoms with Crippen LogP contribution < -0.4 is 10.6 Å². The molecule has 2 N–H and O–H groups in total. The number of hydrogen-bond donors (Lipinski definition) is 2. The van der Waals surface area contributed by atoms with E-state index in [4.69, 9.17) is 0 Å². The number of benzene rings is 2. The lowest BCUT2D eigenvalue weighted by atomic mass is 10.1. The number of halogens is 3. The van der Waals surface area contributed by atoms with E-state index in [0.717, 1.165) is 28.8 Å². The topological polar surface area (TPSA) is 59.0 Å². The van der Waals surface area contributed by atoms with Crippen LogP contribution in [0.1, 0.15) is 22.3 Å². The molecule has 0 bridgehead atoms. The molecule has 8 heteroatoms. The molecular formula is C21H21F3N4O. The SMILES string of the molecule is O=C(NCCc1ccc(C(F)(F)F)cc1)NCc1ccc(Cn2cccn2)cc1. The molecule has 152 valence electrons. The molecular weight excluding hydrogens is 381 g/mol. The first-order valence-electron chi connectivity index (χ1n) is 9.13. The first-order chi connectivity index (χ1) is 13.9. The van der Waals surface area contributed by atoms with Crippen LogP contribution in [0.2, 0.25) is 0 Å². The van der Waals surface area contributed by atoms with Crippen LogP contribution in [-0.2, 0) is 25.7 Å². The highest BCUT2D eigenvalue weighted by molar-refractivity contribution is 5.73. The van der Waals surface area contributed by atoms with Crippen LogP contribution in [0.4, 0.5) is 18.0 Å². The Hall–Kier alpha value is -3.29. The Kier molecular flexibility index (Phi) is 6.54. The number of amides is 2. The Bertz CT molecular complexity index is 905. The Labute approximate surface area is 166 Å². The lowest BCUT2D eigenvalue weighted by Gasteiger charge is -2.10. The number of nitrogens with zero attached hydrogens (tertiary/aromatic N) is 2. The molecule has 0 saturated heterocycles. The number of nitrogens with one attached hydrogen (secondary N) is 2. The first-order valence-corrected chi connectivity index (χ1v) is 9.13. The van der Waals surface area contributed by atoms with Crippen molar-refractivity contribution in [3.05, 3.63) is 89.2 Å². The van der Waals surface area contributed by atoms with Gasteiger partial charge in [-0.3, -0.25) is 4.68 Å². The van der Waals surface area contributed by atoms with Crippen LogP contribution in [0.5, 0.6) is 0 Å². The predicted octanol–water partition coefficient (Wildman–Crippen LogP) is 3.99. The highest BCUT2D eigenvalue weighted by Gasteiger charge is 2.29. The summed E-state index contributed by atoms with van der Waals surface area (Å²) >= 11 is 0. The summed E-state index contributed by atoms with van der Waals surface area (Å²) in [5, 5.41) is 9.63. The van der Waals surface area contributed by atoms with E-state index < -0.39 is 11.7 Å². The summed E-state index contributed by atoms with van der Waals surface area (Å²) in [6.45, 7) is 1.40. The second-order valence-electron chi connectivity index (χ2n) is 6.57. The number of alkyl halides is 3. The van der Waals surface area contributed by atoms with Crippen molar-refractivity contribution in [1.29, 1.82) is 0 Å². The van der Waals surface area contributed by atoms with Crippen molar-refractivity contribution < 1.29 is 18.0 Å². The van der Waals surface area contributed by atoms with E-state index in [0.29, 0.717) is 26.1 Å². The predicted molar refractivity (Wildman–Crippen MR) is 103 cm³/mol. The van der Waals surface area contributed by atoms with Crippen LogP contribution in [0.15, 0.2) is 67.0 Å². The Balaban J connectivity index is 1.37. The van der Waals surface area contributed by atoms with E-state index >= 15 is 0 Å². The normalized spacial score (nSPS) is 11.3. The summed E-state index contributed by atoms with van der Waals surface area (Å²) in [6.07, 6.45) is -0.263. The second kappa shape index (κ2) is 9.27. The van der Waals surface area contributed by atoms with Gasteiger partial charge in [0.25, 0.3) is 0 Å². The molecule has 0 aliphatic carbocycles. The minimum atomic E-state index is -4.34. The molecule has 0 aliphatic rings. The van der Waals surface area contributed by atoms with Gasteiger partial charge in [-0.1, -0.05) is 36.4 Å². The highest BCUT2D eigenvalue weighted by atomic mass is 19.4. The Morgan fingerprint density at radius 2 is 1.59 bits per heavy atom. The van der Waals surface area contributed by atoms with Crippen molar-refractivity contribution in [2.24, 2.45) is 0 Å². The summed E-state index contributed by atoms with van der Waals surface area (Å²) in [5.74, 6) is 0. The van der Waals surface area contributed by atoms with Crippen LogP contribution in [0.3, 0.4) is 0 Å². The summed E-state index contributed by atoms with van der Waals surface area (Å²) in [7, 11) is 0. The molecule has 29 heavy (non-hydrogen) atoms. The summed E-state index contributed by atoms with van der Waals surface area (Å²) in [4.78, 5) is 11.9. The number of hydrogen-bond acceptors (Lipinski definition) is 2.